The molecule has 0 unspecified atom stereocenters. The van der Waals surface area contributed by atoms with Gasteiger partial charge in [-0.2, -0.15) is 0 Å². The van der Waals surface area contributed by atoms with E-state index in [4.69, 9.17) is 17.0 Å². The van der Waals surface area contributed by atoms with Crippen molar-refractivity contribution in [2.75, 3.05) is 7.11 Å². The number of thiocarbonyl (C=S) groups is 1. The lowest BCUT2D eigenvalue weighted by atomic mass is 10.1. The lowest BCUT2D eigenvalue weighted by Crippen LogP contribution is -2.16. The van der Waals surface area contributed by atoms with Crippen molar-refractivity contribution in [3.05, 3.63) is 57.3 Å². The first-order valence-corrected chi connectivity index (χ1v) is 7.65. The van der Waals surface area contributed by atoms with E-state index in [0.717, 1.165) is 22.5 Å². The molecule has 0 radical (unpaired) electrons. The molecule has 6 heteroatoms. The molecule has 3 rings (SSSR count). The molecule has 118 valence electrons. The molecule has 23 heavy (non-hydrogen) atoms. The lowest BCUT2D eigenvalue weighted by Gasteiger charge is -2.06. The van der Waals surface area contributed by atoms with Crippen molar-refractivity contribution in [3.8, 4) is 5.75 Å². The number of nitrogens with one attached hydrogen (secondary N) is 2. The first-order valence-electron chi connectivity index (χ1n) is 7.24. The topological polar surface area (TPSA) is 70.8 Å². The molecule has 0 aliphatic rings. The molecule has 0 amide bonds. The van der Waals surface area contributed by atoms with E-state index in [0.29, 0.717) is 28.2 Å². The van der Waals surface area contributed by atoms with E-state index < -0.39 is 0 Å². The summed E-state index contributed by atoms with van der Waals surface area (Å²) < 4.78 is 5.21. The van der Waals surface area contributed by atoms with E-state index in [-0.39, 0.29) is 5.43 Å². The number of pyridine rings is 1. The van der Waals surface area contributed by atoms with Crippen molar-refractivity contribution in [2.24, 2.45) is 0 Å². The van der Waals surface area contributed by atoms with E-state index in [1.54, 1.807) is 20.2 Å². The van der Waals surface area contributed by atoms with Crippen LogP contribution >= 0.6 is 12.2 Å². The van der Waals surface area contributed by atoms with Crippen molar-refractivity contribution in [2.45, 2.75) is 20.3 Å². The molecule has 2 N–H and O–H groups in total. The number of hydrogen-bond donors (Lipinski definition) is 2. The van der Waals surface area contributed by atoms with Gasteiger partial charge in [-0.25, -0.2) is 4.98 Å². The highest BCUT2D eigenvalue weighted by Gasteiger charge is 2.12. The monoisotopic (exact) mass is 327 g/mol. The number of fused-ring (bicyclic) bond motifs is 1. The molecule has 0 aliphatic heterocycles. The van der Waals surface area contributed by atoms with Gasteiger partial charge in [-0.3, -0.25) is 4.79 Å². The van der Waals surface area contributed by atoms with Gasteiger partial charge in [0, 0.05) is 35.5 Å². The molecule has 1 aromatic carbocycles. The Morgan fingerprint density at radius 2 is 2.13 bits per heavy atom. The predicted molar refractivity (Wildman–Crippen MR) is 94.6 cm³/mol. The number of aryl methyl sites for hydroxylation is 1. The van der Waals surface area contributed by atoms with Gasteiger partial charge in [0.2, 0.25) is 0 Å². The summed E-state index contributed by atoms with van der Waals surface area (Å²) in [7, 11) is 1.62. The summed E-state index contributed by atoms with van der Waals surface area (Å²) in [5, 5.41) is 0. The zero-order valence-corrected chi connectivity index (χ0v) is 14.0. The van der Waals surface area contributed by atoms with E-state index in [1.165, 1.54) is 0 Å². The molecular formula is C17H17N3O2S. The smallest absolute Gasteiger partial charge is 0.187 e. The van der Waals surface area contributed by atoms with E-state index in [1.807, 2.05) is 25.1 Å². The Hall–Kier alpha value is -2.47. The number of ether oxygens (including phenoxy) is 1. The zero-order valence-electron chi connectivity index (χ0n) is 13.2. The molecule has 2 aromatic heterocycles. The van der Waals surface area contributed by atoms with Gasteiger partial charge in [0.1, 0.15) is 11.6 Å². The van der Waals surface area contributed by atoms with Gasteiger partial charge in [0.05, 0.1) is 23.0 Å². The minimum atomic E-state index is 0.0518. The Kier molecular flexibility index (Phi) is 4.00. The third-order valence-electron chi connectivity index (χ3n) is 3.90. The zero-order chi connectivity index (χ0) is 16.6. The second-order valence-electron chi connectivity index (χ2n) is 5.47. The number of imidazole rings is 1. The van der Waals surface area contributed by atoms with Crippen molar-refractivity contribution in [3.63, 3.8) is 0 Å². The summed E-state index contributed by atoms with van der Waals surface area (Å²) in [5.41, 5.74) is 3.98. The van der Waals surface area contributed by atoms with Crippen LogP contribution in [0.2, 0.25) is 0 Å². The average molecular weight is 327 g/mol. The van der Waals surface area contributed by atoms with E-state index >= 15 is 0 Å². The Morgan fingerprint density at radius 3 is 2.87 bits per heavy atom. The molecule has 0 spiro atoms. The number of methoxy groups -OCH3 is 1. The van der Waals surface area contributed by atoms with Crippen LogP contribution in [-0.2, 0) is 6.42 Å². The van der Waals surface area contributed by atoms with E-state index in [9.17, 15) is 4.79 Å². The molecular weight excluding hydrogens is 310 g/mol. The standard InChI is InChI=1S/C17H17N3O2S/c1-9-8-18-13(10(2)16(9)21)7-15(23)17-19-12-5-4-11(22-3)6-14(12)20-17/h4-6,8H,7H2,1-3H3,(H,18,21)(H,19,20). The number of H-pyrrole nitrogens is 2. The second kappa shape index (κ2) is 5.96. The van der Waals surface area contributed by atoms with Crippen molar-refractivity contribution >= 4 is 28.1 Å². The molecule has 2 heterocycles. The lowest BCUT2D eigenvalue weighted by molar-refractivity contribution is 0.415. The maximum Gasteiger partial charge on any atom is 0.187 e. The Labute approximate surface area is 138 Å². The fraction of sp³-hybridized carbons (Fsp3) is 0.235. The van der Waals surface area contributed by atoms with Crippen molar-refractivity contribution in [1.29, 1.82) is 0 Å². The number of nitrogens with zero attached hydrogens (tertiary/aromatic N) is 1. The molecule has 0 atom stereocenters. The van der Waals surface area contributed by atoms with Gasteiger partial charge in [0.25, 0.3) is 0 Å². The number of benzene rings is 1. The summed E-state index contributed by atoms with van der Waals surface area (Å²) in [6.07, 6.45) is 2.18. The molecule has 3 aromatic rings. The van der Waals surface area contributed by atoms with Crippen LogP contribution in [0.25, 0.3) is 11.0 Å². The van der Waals surface area contributed by atoms with Gasteiger partial charge in [0.15, 0.2) is 5.43 Å². The fourth-order valence-corrected chi connectivity index (χ4v) is 2.72. The highest BCUT2D eigenvalue weighted by atomic mass is 32.1. The average Bonchev–Trinajstić information content (AvgIpc) is 2.98. The normalized spacial score (nSPS) is 10.9. The Bertz CT molecular complexity index is 956. The molecule has 0 aliphatic carbocycles. The van der Waals surface area contributed by atoms with E-state index in [2.05, 4.69) is 15.0 Å². The SMILES string of the molecule is COc1ccc2nc(C(=S)Cc3[nH]cc(C)c(=O)c3C)[nH]c2c1. The van der Waals surface area contributed by atoms with Gasteiger partial charge in [-0.15, -0.1) is 0 Å². The third-order valence-corrected chi connectivity index (χ3v) is 4.24. The van der Waals surface area contributed by atoms with Crippen LogP contribution in [0.1, 0.15) is 22.6 Å². The minimum absolute atomic E-state index is 0.0518. The number of aromatic amines is 2. The maximum absolute atomic E-state index is 12.0. The summed E-state index contributed by atoms with van der Waals surface area (Å²) in [5.74, 6) is 1.40. The van der Waals surface area contributed by atoms with Crippen LogP contribution < -0.4 is 10.2 Å². The molecule has 0 saturated heterocycles. The van der Waals surface area contributed by atoms with Gasteiger partial charge in [-0.1, -0.05) is 12.2 Å². The summed E-state index contributed by atoms with van der Waals surface area (Å²) in [6, 6.07) is 5.63. The predicted octanol–water partition coefficient (Wildman–Crippen LogP) is 2.84. The van der Waals surface area contributed by atoms with Gasteiger partial charge in [-0.05, 0) is 26.0 Å². The summed E-state index contributed by atoms with van der Waals surface area (Å²) in [6.45, 7) is 3.61. The Balaban J connectivity index is 1.92. The van der Waals surface area contributed by atoms with Crippen LogP contribution in [-0.4, -0.2) is 26.9 Å². The highest BCUT2D eigenvalue weighted by Crippen LogP contribution is 2.19. The number of rotatable bonds is 4. The first-order chi connectivity index (χ1) is 11.0. The second-order valence-corrected chi connectivity index (χ2v) is 5.97. The largest absolute Gasteiger partial charge is 0.497 e. The molecule has 5 nitrogen and oxygen atoms in total. The van der Waals surface area contributed by atoms with Crippen molar-refractivity contribution < 1.29 is 4.74 Å². The van der Waals surface area contributed by atoms with Crippen LogP contribution in [0, 0.1) is 13.8 Å². The van der Waals surface area contributed by atoms with Crippen LogP contribution in [0.4, 0.5) is 0 Å². The first kappa shape index (κ1) is 15.4. The fourth-order valence-electron chi connectivity index (χ4n) is 2.48. The van der Waals surface area contributed by atoms with Gasteiger partial charge >= 0.3 is 0 Å². The van der Waals surface area contributed by atoms with Gasteiger partial charge < -0.3 is 14.7 Å². The number of hydrogen-bond acceptors (Lipinski definition) is 4. The van der Waals surface area contributed by atoms with Crippen LogP contribution in [0.5, 0.6) is 5.75 Å². The quantitative estimate of drug-likeness (QED) is 0.571. The van der Waals surface area contributed by atoms with Crippen LogP contribution in [0.15, 0.2) is 29.2 Å². The summed E-state index contributed by atoms with van der Waals surface area (Å²) in [4.78, 5) is 23.5. The Morgan fingerprint density at radius 1 is 1.35 bits per heavy atom. The maximum atomic E-state index is 12.0. The van der Waals surface area contributed by atoms with Crippen molar-refractivity contribution in [1.82, 2.24) is 15.0 Å². The number of aromatic nitrogens is 3. The molecule has 0 fully saturated rings. The highest BCUT2D eigenvalue weighted by molar-refractivity contribution is 7.80. The third kappa shape index (κ3) is 2.90. The summed E-state index contributed by atoms with van der Waals surface area (Å²) >= 11 is 5.49. The molecule has 0 bridgehead atoms. The van der Waals surface area contributed by atoms with Crippen LogP contribution in [0.3, 0.4) is 0 Å². The minimum Gasteiger partial charge on any atom is -0.497 e. The molecule has 0 saturated carbocycles.